The molecule has 0 saturated carbocycles. The van der Waals surface area contributed by atoms with E-state index in [1.807, 2.05) is 42.6 Å². The molecule has 1 fully saturated rings. The molecule has 5 nitrogen and oxygen atoms in total. The monoisotopic (exact) mass is 329 g/mol. The Labute approximate surface area is 146 Å². The SMILES string of the molecule is N#Cc1cnc2ccccc2c1NC1CCN(c2ccccn2)CC1. The molecule has 0 unspecified atom stereocenters. The van der Waals surface area contributed by atoms with E-state index in [0.29, 0.717) is 11.6 Å². The quantitative estimate of drug-likeness (QED) is 0.795. The minimum Gasteiger partial charge on any atom is -0.381 e. The number of pyridine rings is 2. The van der Waals surface area contributed by atoms with Crippen molar-refractivity contribution in [3.63, 3.8) is 0 Å². The summed E-state index contributed by atoms with van der Waals surface area (Å²) in [4.78, 5) is 11.1. The first kappa shape index (κ1) is 15.4. The largest absolute Gasteiger partial charge is 0.381 e. The van der Waals surface area contributed by atoms with Crippen molar-refractivity contribution >= 4 is 22.4 Å². The van der Waals surface area contributed by atoms with Gasteiger partial charge < -0.3 is 10.2 Å². The topological polar surface area (TPSA) is 64.8 Å². The van der Waals surface area contributed by atoms with Gasteiger partial charge in [0.15, 0.2) is 0 Å². The van der Waals surface area contributed by atoms with Crippen molar-refractivity contribution in [1.29, 1.82) is 5.26 Å². The Morgan fingerprint density at radius 3 is 2.60 bits per heavy atom. The highest BCUT2D eigenvalue weighted by molar-refractivity contribution is 5.93. The lowest BCUT2D eigenvalue weighted by molar-refractivity contribution is 0.524. The Hall–Kier alpha value is -3.13. The van der Waals surface area contributed by atoms with Crippen LogP contribution >= 0.6 is 0 Å². The van der Waals surface area contributed by atoms with Crippen LogP contribution in [0, 0.1) is 11.3 Å². The molecule has 2 aromatic heterocycles. The van der Waals surface area contributed by atoms with Crippen molar-refractivity contribution in [3.8, 4) is 6.07 Å². The number of hydrogen-bond donors (Lipinski definition) is 1. The predicted octanol–water partition coefficient (Wildman–Crippen LogP) is 3.58. The molecule has 124 valence electrons. The van der Waals surface area contributed by atoms with Crippen LogP contribution in [0.3, 0.4) is 0 Å². The van der Waals surface area contributed by atoms with Crippen LogP contribution in [0.4, 0.5) is 11.5 Å². The number of nitriles is 1. The Bertz CT molecular complexity index is 908. The third-order valence-electron chi connectivity index (χ3n) is 4.71. The number of nitrogens with one attached hydrogen (secondary N) is 1. The summed E-state index contributed by atoms with van der Waals surface area (Å²) in [7, 11) is 0. The molecule has 1 aliphatic rings. The fourth-order valence-electron chi connectivity index (χ4n) is 3.38. The van der Waals surface area contributed by atoms with Gasteiger partial charge in [0.25, 0.3) is 0 Å². The van der Waals surface area contributed by atoms with Gasteiger partial charge in [0.1, 0.15) is 11.9 Å². The second-order valence-electron chi connectivity index (χ2n) is 6.27. The second-order valence-corrected chi connectivity index (χ2v) is 6.27. The summed E-state index contributed by atoms with van der Waals surface area (Å²) in [6, 6.07) is 16.6. The highest BCUT2D eigenvalue weighted by atomic mass is 15.2. The number of piperidine rings is 1. The summed E-state index contributed by atoms with van der Waals surface area (Å²) >= 11 is 0. The first-order valence-electron chi connectivity index (χ1n) is 8.55. The van der Waals surface area contributed by atoms with E-state index in [4.69, 9.17) is 0 Å². The normalized spacial score (nSPS) is 15.1. The number of anilines is 2. The number of para-hydroxylation sites is 1. The lowest BCUT2D eigenvalue weighted by atomic mass is 10.0. The van der Waals surface area contributed by atoms with Crippen molar-refractivity contribution in [2.75, 3.05) is 23.3 Å². The molecule has 0 amide bonds. The Balaban J connectivity index is 1.52. The number of rotatable bonds is 3. The smallest absolute Gasteiger partial charge is 0.128 e. The number of benzene rings is 1. The molecule has 0 bridgehead atoms. The van der Waals surface area contributed by atoms with E-state index < -0.39 is 0 Å². The molecule has 1 saturated heterocycles. The summed E-state index contributed by atoms with van der Waals surface area (Å²) in [5, 5.41) is 14.1. The minimum absolute atomic E-state index is 0.345. The standard InChI is InChI=1S/C20H19N5/c21-13-15-14-23-18-6-2-1-5-17(18)20(15)24-16-8-11-25(12-9-16)19-7-3-4-10-22-19/h1-7,10,14,16H,8-9,11-12H2,(H,23,24). The van der Waals surface area contributed by atoms with Crippen molar-refractivity contribution in [2.45, 2.75) is 18.9 Å². The fourth-order valence-corrected chi connectivity index (χ4v) is 3.38. The van der Waals surface area contributed by atoms with Gasteiger partial charge >= 0.3 is 0 Å². The van der Waals surface area contributed by atoms with Crippen LogP contribution in [0.2, 0.25) is 0 Å². The van der Waals surface area contributed by atoms with Gasteiger partial charge in [-0.05, 0) is 31.0 Å². The number of nitrogens with zero attached hydrogens (tertiary/aromatic N) is 4. The van der Waals surface area contributed by atoms with Gasteiger partial charge in [0.05, 0.1) is 16.8 Å². The molecule has 0 radical (unpaired) electrons. The molecular formula is C20H19N5. The van der Waals surface area contributed by atoms with E-state index in [-0.39, 0.29) is 0 Å². The van der Waals surface area contributed by atoms with Gasteiger partial charge in [-0.15, -0.1) is 0 Å². The van der Waals surface area contributed by atoms with Crippen molar-refractivity contribution < 1.29 is 0 Å². The van der Waals surface area contributed by atoms with Crippen LogP contribution in [-0.2, 0) is 0 Å². The van der Waals surface area contributed by atoms with Gasteiger partial charge in [0, 0.05) is 36.9 Å². The highest BCUT2D eigenvalue weighted by Crippen LogP contribution is 2.28. The van der Waals surface area contributed by atoms with Crippen molar-refractivity contribution in [1.82, 2.24) is 9.97 Å². The summed E-state index contributed by atoms with van der Waals surface area (Å²) in [5.41, 5.74) is 2.42. The summed E-state index contributed by atoms with van der Waals surface area (Å²) < 4.78 is 0. The third kappa shape index (κ3) is 3.11. The molecule has 3 heterocycles. The first-order valence-corrected chi connectivity index (χ1v) is 8.55. The molecule has 1 aliphatic heterocycles. The van der Waals surface area contributed by atoms with E-state index in [1.54, 1.807) is 6.20 Å². The number of fused-ring (bicyclic) bond motifs is 1. The molecule has 25 heavy (non-hydrogen) atoms. The van der Waals surface area contributed by atoms with Crippen LogP contribution in [0.1, 0.15) is 18.4 Å². The lowest BCUT2D eigenvalue weighted by Crippen LogP contribution is -2.39. The van der Waals surface area contributed by atoms with E-state index in [9.17, 15) is 5.26 Å². The minimum atomic E-state index is 0.345. The van der Waals surface area contributed by atoms with E-state index in [2.05, 4.69) is 32.3 Å². The average Bonchev–Trinajstić information content (AvgIpc) is 2.69. The molecule has 0 aliphatic carbocycles. The predicted molar refractivity (Wildman–Crippen MR) is 99.6 cm³/mol. The average molecular weight is 329 g/mol. The number of aromatic nitrogens is 2. The molecule has 0 atom stereocenters. The molecular weight excluding hydrogens is 310 g/mol. The van der Waals surface area contributed by atoms with Gasteiger partial charge in [0.2, 0.25) is 0 Å². The zero-order valence-corrected chi connectivity index (χ0v) is 13.9. The van der Waals surface area contributed by atoms with Crippen LogP contribution in [0.25, 0.3) is 10.9 Å². The van der Waals surface area contributed by atoms with Crippen LogP contribution in [0.15, 0.2) is 54.9 Å². The maximum atomic E-state index is 9.45. The maximum absolute atomic E-state index is 9.45. The zero-order chi connectivity index (χ0) is 17.1. The van der Waals surface area contributed by atoms with E-state index >= 15 is 0 Å². The Morgan fingerprint density at radius 1 is 1.04 bits per heavy atom. The van der Waals surface area contributed by atoms with E-state index in [0.717, 1.165) is 48.3 Å². The van der Waals surface area contributed by atoms with Gasteiger partial charge in [-0.2, -0.15) is 5.26 Å². The molecule has 3 aromatic rings. The van der Waals surface area contributed by atoms with Crippen LogP contribution in [-0.4, -0.2) is 29.1 Å². The second kappa shape index (κ2) is 6.78. The Morgan fingerprint density at radius 2 is 1.84 bits per heavy atom. The van der Waals surface area contributed by atoms with E-state index in [1.165, 1.54) is 0 Å². The van der Waals surface area contributed by atoms with Crippen LogP contribution < -0.4 is 10.2 Å². The molecule has 5 heteroatoms. The van der Waals surface area contributed by atoms with Crippen LogP contribution in [0.5, 0.6) is 0 Å². The summed E-state index contributed by atoms with van der Waals surface area (Å²) in [6.07, 6.45) is 5.52. The van der Waals surface area contributed by atoms with Gasteiger partial charge in [-0.1, -0.05) is 24.3 Å². The lowest BCUT2D eigenvalue weighted by Gasteiger charge is -2.34. The van der Waals surface area contributed by atoms with Crippen molar-refractivity contribution in [3.05, 3.63) is 60.4 Å². The first-order chi connectivity index (χ1) is 12.3. The zero-order valence-electron chi connectivity index (χ0n) is 13.9. The van der Waals surface area contributed by atoms with Gasteiger partial charge in [-0.3, -0.25) is 4.98 Å². The molecule has 4 rings (SSSR count). The molecule has 1 N–H and O–H groups in total. The third-order valence-corrected chi connectivity index (χ3v) is 4.71. The molecule has 0 spiro atoms. The van der Waals surface area contributed by atoms with Crippen molar-refractivity contribution in [2.24, 2.45) is 0 Å². The fraction of sp³-hybridized carbons (Fsp3) is 0.250. The summed E-state index contributed by atoms with van der Waals surface area (Å²) in [5.74, 6) is 1.04. The Kier molecular flexibility index (Phi) is 4.17. The summed E-state index contributed by atoms with van der Waals surface area (Å²) in [6.45, 7) is 1.92. The van der Waals surface area contributed by atoms with Gasteiger partial charge in [-0.25, -0.2) is 4.98 Å². The maximum Gasteiger partial charge on any atom is 0.128 e. The highest BCUT2D eigenvalue weighted by Gasteiger charge is 2.21. The molecule has 1 aromatic carbocycles. The number of hydrogen-bond acceptors (Lipinski definition) is 5.